The summed E-state index contributed by atoms with van der Waals surface area (Å²) in [5.41, 5.74) is 6.04. The molecule has 0 radical (unpaired) electrons. The van der Waals surface area contributed by atoms with Gasteiger partial charge in [-0.05, 0) is 38.8 Å². The van der Waals surface area contributed by atoms with Crippen LogP contribution in [0.2, 0.25) is 0 Å². The average Bonchev–Trinajstić information content (AvgIpc) is 3.39. The molecule has 10 heteroatoms. The van der Waals surface area contributed by atoms with Crippen molar-refractivity contribution >= 4 is 17.0 Å². The molecular formula is C18H24N8O2. The number of H-pyrrole nitrogens is 1. The van der Waals surface area contributed by atoms with E-state index in [4.69, 9.17) is 0 Å². The Morgan fingerprint density at radius 1 is 1.07 bits per heavy atom. The topological polar surface area (TPSA) is 113 Å². The van der Waals surface area contributed by atoms with E-state index < -0.39 is 11.2 Å². The predicted molar refractivity (Wildman–Crippen MR) is 109 cm³/mol. The Kier molecular flexibility index (Phi) is 4.76. The molecule has 0 bridgehead atoms. The van der Waals surface area contributed by atoms with Gasteiger partial charge >= 0.3 is 11.2 Å². The molecule has 3 aromatic rings. The average molecular weight is 384 g/mol. The molecule has 0 amide bonds. The molecule has 4 rings (SSSR count). The van der Waals surface area contributed by atoms with Gasteiger partial charge in [0.15, 0.2) is 11.2 Å². The zero-order valence-corrected chi connectivity index (χ0v) is 16.0. The van der Waals surface area contributed by atoms with E-state index in [0.717, 1.165) is 29.1 Å². The predicted octanol–water partition coefficient (Wildman–Crippen LogP) is 0.675. The number of pyridine rings is 1. The SMILES string of the molecule is CCNn1c(=O)c2[nH]c(-c3ccc(N4CCCC4)nc3)nc2n(NCC)c1=O. The fraction of sp³-hybridized carbons (Fsp3) is 0.444. The Bertz CT molecular complexity index is 1090. The highest BCUT2D eigenvalue weighted by atomic mass is 16.2. The first-order chi connectivity index (χ1) is 13.6. The van der Waals surface area contributed by atoms with E-state index in [9.17, 15) is 9.59 Å². The number of nitrogens with one attached hydrogen (secondary N) is 3. The van der Waals surface area contributed by atoms with Crippen LogP contribution in [0.3, 0.4) is 0 Å². The second-order valence-electron chi connectivity index (χ2n) is 6.67. The first-order valence-electron chi connectivity index (χ1n) is 9.61. The fourth-order valence-corrected chi connectivity index (χ4v) is 3.46. The minimum absolute atomic E-state index is 0.250. The number of aromatic nitrogens is 5. The molecule has 0 atom stereocenters. The van der Waals surface area contributed by atoms with Crippen LogP contribution in [-0.2, 0) is 0 Å². The summed E-state index contributed by atoms with van der Waals surface area (Å²) >= 11 is 0. The molecule has 1 fully saturated rings. The Hall–Kier alpha value is -3.30. The fourth-order valence-electron chi connectivity index (χ4n) is 3.46. The van der Waals surface area contributed by atoms with Crippen molar-refractivity contribution in [1.82, 2.24) is 24.3 Å². The maximum Gasteiger partial charge on any atom is 0.370 e. The van der Waals surface area contributed by atoms with Crippen LogP contribution in [0, 0.1) is 0 Å². The van der Waals surface area contributed by atoms with Crippen molar-refractivity contribution in [3.05, 3.63) is 39.2 Å². The normalized spacial score (nSPS) is 14.0. The van der Waals surface area contributed by atoms with Gasteiger partial charge < -0.3 is 20.7 Å². The van der Waals surface area contributed by atoms with Gasteiger partial charge in [-0.1, -0.05) is 0 Å². The van der Waals surface area contributed by atoms with Gasteiger partial charge in [0.25, 0.3) is 0 Å². The van der Waals surface area contributed by atoms with Crippen molar-refractivity contribution in [2.75, 3.05) is 41.9 Å². The highest BCUT2D eigenvalue weighted by Crippen LogP contribution is 2.22. The maximum absolute atomic E-state index is 12.7. The lowest BCUT2D eigenvalue weighted by molar-refractivity contribution is 0.694. The number of aromatic amines is 1. The molecule has 1 aliphatic rings. The summed E-state index contributed by atoms with van der Waals surface area (Å²) in [5, 5.41) is 0. The van der Waals surface area contributed by atoms with E-state index >= 15 is 0 Å². The van der Waals surface area contributed by atoms with Gasteiger partial charge in [0, 0.05) is 37.9 Å². The van der Waals surface area contributed by atoms with Crippen LogP contribution in [0.5, 0.6) is 0 Å². The molecule has 1 saturated heterocycles. The molecular weight excluding hydrogens is 360 g/mol. The molecule has 0 spiro atoms. The molecule has 148 valence electrons. The highest BCUT2D eigenvalue weighted by molar-refractivity contribution is 5.75. The van der Waals surface area contributed by atoms with E-state index in [1.165, 1.54) is 17.5 Å². The van der Waals surface area contributed by atoms with E-state index in [1.54, 1.807) is 6.20 Å². The third-order valence-corrected chi connectivity index (χ3v) is 4.78. The monoisotopic (exact) mass is 384 g/mol. The Morgan fingerprint density at radius 3 is 2.43 bits per heavy atom. The summed E-state index contributed by atoms with van der Waals surface area (Å²) in [6.45, 7) is 6.68. The lowest BCUT2D eigenvalue weighted by atomic mass is 10.2. The first-order valence-corrected chi connectivity index (χ1v) is 9.61. The first kappa shape index (κ1) is 18.1. The number of imidazole rings is 1. The van der Waals surface area contributed by atoms with E-state index in [0.29, 0.717) is 18.9 Å². The highest BCUT2D eigenvalue weighted by Gasteiger charge is 2.18. The minimum atomic E-state index is -0.512. The number of rotatable bonds is 6. The summed E-state index contributed by atoms with van der Waals surface area (Å²) in [5.74, 6) is 1.43. The quantitative estimate of drug-likeness (QED) is 0.573. The summed E-state index contributed by atoms with van der Waals surface area (Å²) in [7, 11) is 0. The molecule has 3 aromatic heterocycles. The third-order valence-electron chi connectivity index (χ3n) is 4.78. The molecule has 10 nitrogen and oxygen atoms in total. The van der Waals surface area contributed by atoms with E-state index in [2.05, 4.69) is 30.7 Å². The van der Waals surface area contributed by atoms with Crippen LogP contribution in [0.1, 0.15) is 26.7 Å². The standard InChI is InChI=1S/C18H24N8O2/c1-3-20-25-16-14(17(27)26(18(25)28)21-4-2)22-15(23-16)12-7-8-13(19-11-12)24-9-5-6-10-24/h7-8,11,20-21H,3-6,9-10H2,1-2H3,(H,22,23). The van der Waals surface area contributed by atoms with Crippen molar-refractivity contribution in [1.29, 1.82) is 0 Å². The van der Waals surface area contributed by atoms with E-state index in [1.807, 2.05) is 26.0 Å². The summed E-state index contributed by atoms with van der Waals surface area (Å²) < 4.78 is 2.27. The van der Waals surface area contributed by atoms with Crippen molar-refractivity contribution in [2.24, 2.45) is 0 Å². The van der Waals surface area contributed by atoms with Crippen molar-refractivity contribution in [2.45, 2.75) is 26.7 Å². The Balaban J connectivity index is 1.80. The molecule has 3 N–H and O–H groups in total. The summed E-state index contributed by atoms with van der Waals surface area (Å²) in [6.07, 6.45) is 4.12. The van der Waals surface area contributed by atoms with Gasteiger partial charge in [-0.15, -0.1) is 0 Å². The molecule has 4 heterocycles. The Labute approximate surface area is 161 Å². The molecule has 1 aliphatic heterocycles. The van der Waals surface area contributed by atoms with Crippen molar-refractivity contribution < 1.29 is 0 Å². The van der Waals surface area contributed by atoms with E-state index in [-0.39, 0.29) is 11.2 Å². The number of nitrogens with zero attached hydrogens (tertiary/aromatic N) is 5. The van der Waals surface area contributed by atoms with Crippen LogP contribution < -0.4 is 27.0 Å². The van der Waals surface area contributed by atoms with Gasteiger partial charge in [-0.2, -0.15) is 9.35 Å². The molecule has 0 aromatic carbocycles. The second kappa shape index (κ2) is 7.37. The summed E-state index contributed by atoms with van der Waals surface area (Å²) in [4.78, 5) is 39.7. The van der Waals surface area contributed by atoms with Gasteiger partial charge in [0.1, 0.15) is 11.6 Å². The number of hydrogen-bond acceptors (Lipinski definition) is 7. The van der Waals surface area contributed by atoms with Gasteiger partial charge in [-0.3, -0.25) is 4.79 Å². The van der Waals surface area contributed by atoms with Gasteiger partial charge in [0.2, 0.25) is 0 Å². The van der Waals surface area contributed by atoms with Gasteiger partial charge in [-0.25, -0.2) is 14.8 Å². The molecule has 0 saturated carbocycles. The smallest absolute Gasteiger partial charge is 0.357 e. The van der Waals surface area contributed by atoms with Crippen LogP contribution >= 0.6 is 0 Å². The Morgan fingerprint density at radius 2 is 1.79 bits per heavy atom. The van der Waals surface area contributed by atoms with Crippen LogP contribution in [-0.4, -0.2) is 50.5 Å². The number of anilines is 1. The maximum atomic E-state index is 12.7. The molecule has 28 heavy (non-hydrogen) atoms. The lowest BCUT2D eigenvalue weighted by Gasteiger charge is -2.15. The largest absolute Gasteiger partial charge is 0.370 e. The third kappa shape index (κ3) is 3.00. The van der Waals surface area contributed by atoms with Crippen LogP contribution in [0.25, 0.3) is 22.6 Å². The van der Waals surface area contributed by atoms with Crippen molar-refractivity contribution in [3.63, 3.8) is 0 Å². The number of hydrogen-bond donors (Lipinski definition) is 3. The lowest BCUT2D eigenvalue weighted by Crippen LogP contribution is -2.47. The zero-order chi connectivity index (χ0) is 19.7. The van der Waals surface area contributed by atoms with Crippen LogP contribution in [0.15, 0.2) is 27.9 Å². The second-order valence-corrected chi connectivity index (χ2v) is 6.67. The molecule has 0 aliphatic carbocycles. The van der Waals surface area contributed by atoms with Crippen molar-refractivity contribution in [3.8, 4) is 11.4 Å². The van der Waals surface area contributed by atoms with Crippen LogP contribution in [0.4, 0.5) is 5.82 Å². The van der Waals surface area contributed by atoms with Gasteiger partial charge in [0.05, 0.1) is 0 Å². The minimum Gasteiger partial charge on any atom is -0.357 e. The number of fused-ring (bicyclic) bond motifs is 1. The summed E-state index contributed by atoms with van der Waals surface area (Å²) in [6, 6.07) is 3.89. The molecule has 0 unspecified atom stereocenters. The zero-order valence-electron chi connectivity index (χ0n) is 16.0.